The van der Waals surface area contributed by atoms with Gasteiger partial charge in [0.25, 0.3) is 5.91 Å². The van der Waals surface area contributed by atoms with Gasteiger partial charge >= 0.3 is 0 Å². The predicted molar refractivity (Wildman–Crippen MR) is 65.7 cm³/mol. The fourth-order valence-electron chi connectivity index (χ4n) is 2.27. The summed E-state index contributed by atoms with van der Waals surface area (Å²) in [5, 5.41) is 0. The summed E-state index contributed by atoms with van der Waals surface area (Å²) < 4.78 is 27.0. The molecule has 1 aromatic rings. The standard InChI is InChI=1S/C13H14ClF2NO/c14-6-4-9-5-7-17(8-9)13(18)12-10(15)2-1-3-11(12)16/h1-3,9H,4-8H2. The Balaban J connectivity index is 2.13. The third kappa shape index (κ3) is 2.64. The van der Waals surface area contributed by atoms with Gasteiger partial charge in [0.05, 0.1) is 0 Å². The van der Waals surface area contributed by atoms with E-state index in [-0.39, 0.29) is 0 Å². The number of rotatable bonds is 3. The summed E-state index contributed by atoms with van der Waals surface area (Å²) in [5.74, 6) is -1.30. The van der Waals surface area contributed by atoms with Crippen LogP contribution in [0.1, 0.15) is 23.2 Å². The van der Waals surface area contributed by atoms with E-state index in [1.807, 2.05) is 0 Å². The van der Waals surface area contributed by atoms with Crippen molar-refractivity contribution in [3.8, 4) is 0 Å². The van der Waals surface area contributed by atoms with Gasteiger partial charge in [-0.3, -0.25) is 4.79 Å². The SMILES string of the molecule is O=C(c1c(F)cccc1F)N1CCC(CCCl)C1. The average Bonchev–Trinajstić information content (AvgIpc) is 2.78. The highest BCUT2D eigenvalue weighted by Crippen LogP contribution is 2.23. The molecule has 2 rings (SSSR count). The van der Waals surface area contributed by atoms with E-state index in [1.54, 1.807) is 0 Å². The summed E-state index contributed by atoms with van der Waals surface area (Å²) in [5.41, 5.74) is -0.455. The number of benzene rings is 1. The zero-order valence-corrected chi connectivity index (χ0v) is 10.6. The Morgan fingerprint density at radius 2 is 2.06 bits per heavy atom. The maximum Gasteiger partial charge on any atom is 0.259 e. The molecule has 98 valence electrons. The Labute approximate surface area is 110 Å². The molecule has 1 aromatic carbocycles. The zero-order chi connectivity index (χ0) is 13.1. The minimum Gasteiger partial charge on any atom is -0.338 e. The molecule has 0 bridgehead atoms. The molecule has 1 aliphatic heterocycles. The van der Waals surface area contributed by atoms with Crippen molar-refractivity contribution < 1.29 is 13.6 Å². The van der Waals surface area contributed by atoms with Gasteiger partial charge in [-0.15, -0.1) is 11.6 Å². The van der Waals surface area contributed by atoms with Crippen molar-refractivity contribution in [3.63, 3.8) is 0 Å². The van der Waals surface area contributed by atoms with E-state index >= 15 is 0 Å². The second-order valence-electron chi connectivity index (χ2n) is 4.48. The van der Waals surface area contributed by atoms with Crippen molar-refractivity contribution in [1.82, 2.24) is 4.90 Å². The maximum atomic E-state index is 13.5. The van der Waals surface area contributed by atoms with E-state index in [0.29, 0.717) is 24.9 Å². The minimum absolute atomic E-state index is 0.335. The van der Waals surface area contributed by atoms with Gasteiger partial charge in [0.1, 0.15) is 17.2 Å². The van der Waals surface area contributed by atoms with Gasteiger partial charge in [-0.05, 0) is 30.9 Å². The molecule has 2 nitrogen and oxygen atoms in total. The van der Waals surface area contributed by atoms with E-state index in [4.69, 9.17) is 11.6 Å². The highest BCUT2D eigenvalue weighted by atomic mass is 35.5. The van der Waals surface area contributed by atoms with Gasteiger partial charge in [-0.25, -0.2) is 8.78 Å². The Morgan fingerprint density at radius 1 is 1.39 bits per heavy atom. The number of hydrogen-bond donors (Lipinski definition) is 0. The molecule has 0 N–H and O–H groups in total. The third-order valence-corrected chi connectivity index (χ3v) is 3.49. The van der Waals surface area contributed by atoms with E-state index in [1.165, 1.54) is 11.0 Å². The molecule has 0 spiro atoms. The van der Waals surface area contributed by atoms with Crippen LogP contribution in [0.15, 0.2) is 18.2 Å². The lowest BCUT2D eigenvalue weighted by molar-refractivity contribution is 0.0777. The second kappa shape index (κ2) is 5.65. The fourth-order valence-corrected chi connectivity index (χ4v) is 2.58. The van der Waals surface area contributed by atoms with E-state index in [9.17, 15) is 13.6 Å². The quantitative estimate of drug-likeness (QED) is 0.775. The molecule has 1 saturated heterocycles. The van der Waals surface area contributed by atoms with Gasteiger partial charge in [-0.1, -0.05) is 6.07 Å². The molecule has 1 amide bonds. The predicted octanol–water partition coefficient (Wildman–Crippen LogP) is 3.06. The van der Waals surface area contributed by atoms with Crippen LogP contribution >= 0.6 is 11.6 Å². The van der Waals surface area contributed by atoms with Crippen LogP contribution in [0.25, 0.3) is 0 Å². The number of carbonyl (C=O) groups excluding carboxylic acids is 1. The molecule has 1 heterocycles. The smallest absolute Gasteiger partial charge is 0.259 e. The molecular weight excluding hydrogens is 260 g/mol. The van der Waals surface area contributed by atoms with Crippen LogP contribution in [-0.4, -0.2) is 29.8 Å². The first-order chi connectivity index (χ1) is 8.63. The van der Waals surface area contributed by atoms with E-state index in [2.05, 4.69) is 0 Å². The summed E-state index contributed by atoms with van der Waals surface area (Å²) in [7, 11) is 0. The van der Waals surface area contributed by atoms with Gasteiger partial charge < -0.3 is 4.90 Å². The zero-order valence-electron chi connectivity index (χ0n) is 9.83. The van der Waals surface area contributed by atoms with Crippen LogP contribution < -0.4 is 0 Å². The van der Waals surface area contributed by atoms with Crippen LogP contribution in [0.5, 0.6) is 0 Å². The minimum atomic E-state index is -0.805. The maximum absolute atomic E-state index is 13.5. The van der Waals surface area contributed by atoms with Crippen LogP contribution in [0.3, 0.4) is 0 Å². The van der Waals surface area contributed by atoms with Crippen molar-refractivity contribution in [2.75, 3.05) is 19.0 Å². The van der Waals surface area contributed by atoms with E-state index < -0.39 is 23.1 Å². The summed E-state index contributed by atoms with van der Waals surface area (Å²) in [6, 6.07) is 3.45. The molecule has 1 fully saturated rings. The Bertz CT molecular complexity index is 432. The normalized spacial score (nSPS) is 19.3. The number of hydrogen-bond acceptors (Lipinski definition) is 1. The molecule has 0 aliphatic carbocycles. The molecule has 1 unspecified atom stereocenters. The lowest BCUT2D eigenvalue weighted by Gasteiger charge is -2.17. The van der Waals surface area contributed by atoms with Crippen LogP contribution in [0, 0.1) is 17.6 Å². The van der Waals surface area contributed by atoms with Crippen LogP contribution in [0.2, 0.25) is 0 Å². The average molecular weight is 274 g/mol. The van der Waals surface area contributed by atoms with Crippen molar-refractivity contribution >= 4 is 17.5 Å². The highest BCUT2D eigenvalue weighted by Gasteiger charge is 2.29. The highest BCUT2D eigenvalue weighted by molar-refractivity contribution is 6.17. The monoisotopic (exact) mass is 273 g/mol. The van der Waals surface area contributed by atoms with Gasteiger partial charge in [-0.2, -0.15) is 0 Å². The van der Waals surface area contributed by atoms with Crippen molar-refractivity contribution in [3.05, 3.63) is 35.4 Å². The molecule has 0 radical (unpaired) electrons. The van der Waals surface area contributed by atoms with Crippen LogP contribution in [0.4, 0.5) is 8.78 Å². The first kappa shape index (κ1) is 13.3. The molecule has 0 aromatic heterocycles. The Morgan fingerprint density at radius 3 is 2.67 bits per heavy atom. The molecular formula is C13H14ClF2NO. The van der Waals surface area contributed by atoms with Gasteiger partial charge in [0.2, 0.25) is 0 Å². The largest absolute Gasteiger partial charge is 0.338 e. The number of amides is 1. The second-order valence-corrected chi connectivity index (χ2v) is 4.86. The molecule has 1 atom stereocenters. The Hall–Kier alpha value is -1.16. The van der Waals surface area contributed by atoms with Crippen molar-refractivity contribution in [2.24, 2.45) is 5.92 Å². The van der Waals surface area contributed by atoms with Crippen LogP contribution in [-0.2, 0) is 0 Å². The first-order valence-corrected chi connectivity index (χ1v) is 6.46. The first-order valence-electron chi connectivity index (χ1n) is 5.92. The molecule has 0 saturated carbocycles. The summed E-state index contributed by atoms with van der Waals surface area (Å²) >= 11 is 5.65. The van der Waals surface area contributed by atoms with Gasteiger partial charge in [0, 0.05) is 19.0 Å². The lowest BCUT2D eigenvalue weighted by Crippen LogP contribution is -2.30. The lowest BCUT2D eigenvalue weighted by atomic mass is 10.1. The number of alkyl halides is 1. The molecule has 18 heavy (non-hydrogen) atoms. The topological polar surface area (TPSA) is 20.3 Å². The Kier molecular flexibility index (Phi) is 4.17. The van der Waals surface area contributed by atoms with Crippen molar-refractivity contribution in [2.45, 2.75) is 12.8 Å². The summed E-state index contributed by atoms with van der Waals surface area (Å²) in [4.78, 5) is 13.6. The number of likely N-dealkylation sites (tertiary alicyclic amines) is 1. The third-order valence-electron chi connectivity index (χ3n) is 3.27. The fraction of sp³-hybridized carbons (Fsp3) is 0.462. The van der Waals surface area contributed by atoms with E-state index in [0.717, 1.165) is 25.0 Å². The number of carbonyl (C=O) groups is 1. The number of nitrogens with zero attached hydrogens (tertiary/aromatic N) is 1. The number of halogens is 3. The molecule has 1 aliphatic rings. The van der Waals surface area contributed by atoms with Gasteiger partial charge in [0.15, 0.2) is 0 Å². The summed E-state index contributed by atoms with van der Waals surface area (Å²) in [6.45, 7) is 1.06. The molecule has 5 heteroatoms. The summed E-state index contributed by atoms with van der Waals surface area (Å²) in [6.07, 6.45) is 1.67. The van der Waals surface area contributed by atoms with Crippen molar-refractivity contribution in [1.29, 1.82) is 0 Å².